The van der Waals surface area contributed by atoms with Crippen LogP contribution in [0.25, 0.3) is 0 Å². The molecule has 0 aromatic carbocycles. The van der Waals surface area contributed by atoms with Gasteiger partial charge in [-0.3, -0.25) is 4.79 Å². The number of carbonyl (C=O) groups is 1. The Labute approximate surface area is 77.2 Å². The van der Waals surface area contributed by atoms with E-state index < -0.39 is 0 Å². The minimum atomic E-state index is -0.172. The number of rotatable bonds is 3. The summed E-state index contributed by atoms with van der Waals surface area (Å²) in [4.78, 5) is 15.2. The number of amides is 1. The van der Waals surface area contributed by atoms with Crippen molar-refractivity contribution in [2.75, 3.05) is 12.3 Å². The molecule has 70 valence electrons. The van der Waals surface area contributed by atoms with Crippen LogP contribution in [0.5, 0.6) is 0 Å². The lowest BCUT2D eigenvalue weighted by molar-refractivity contribution is 0.0949. The van der Waals surface area contributed by atoms with E-state index in [2.05, 4.69) is 10.3 Å². The molecular formula is C9H13N3O. The van der Waals surface area contributed by atoms with Gasteiger partial charge in [-0.2, -0.15) is 0 Å². The number of anilines is 1. The Morgan fingerprint density at radius 1 is 1.62 bits per heavy atom. The Kier molecular flexibility index (Phi) is 3.25. The predicted octanol–water partition coefficient (Wildman–Crippen LogP) is 0.804. The van der Waals surface area contributed by atoms with E-state index in [4.69, 9.17) is 5.73 Å². The van der Waals surface area contributed by atoms with Crippen molar-refractivity contribution >= 4 is 11.7 Å². The van der Waals surface area contributed by atoms with Gasteiger partial charge in [0.05, 0.1) is 0 Å². The van der Waals surface area contributed by atoms with Crippen molar-refractivity contribution in [3.63, 3.8) is 0 Å². The van der Waals surface area contributed by atoms with Gasteiger partial charge in [0.2, 0.25) is 0 Å². The number of hydrogen-bond donors (Lipinski definition) is 2. The van der Waals surface area contributed by atoms with Gasteiger partial charge in [0.25, 0.3) is 5.91 Å². The Balaban J connectivity index is 2.66. The van der Waals surface area contributed by atoms with Crippen LogP contribution in [0.3, 0.4) is 0 Å². The Morgan fingerprint density at radius 3 is 3.00 bits per heavy atom. The maximum Gasteiger partial charge on any atom is 0.269 e. The van der Waals surface area contributed by atoms with Crippen LogP contribution >= 0.6 is 0 Å². The minimum Gasteiger partial charge on any atom is -0.384 e. The lowest BCUT2D eigenvalue weighted by Crippen LogP contribution is -2.25. The van der Waals surface area contributed by atoms with Crippen molar-refractivity contribution in [1.29, 1.82) is 0 Å². The van der Waals surface area contributed by atoms with E-state index in [1.807, 2.05) is 6.92 Å². The highest BCUT2D eigenvalue weighted by atomic mass is 16.1. The van der Waals surface area contributed by atoms with Crippen LogP contribution in [0.4, 0.5) is 5.82 Å². The Hall–Kier alpha value is -1.58. The smallest absolute Gasteiger partial charge is 0.269 e. The summed E-state index contributed by atoms with van der Waals surface area (Å²) in [6.07, 6.45) is 0.911. The molecule has 0 fully saturated rings. The molecule has 1 rings (SSSR count). The second-order valence-electron chi connectivity index (χ2n) is 2.70. The van der Waals surface area contributed by atoms with Crippen LogP contribution in [0.1, 0.15) is 23.8 Å². The van der Waals surface area contributed by atoms with Gasteiger partial charge in [-0.1, -0.05) is 13.0 Å². The number of hydrogen-bond acceptors (Lipinski definition) is 3. The molecule has 1 heterocycles. The maximum atomic E-state index is 11.3. The summed E-state index contributed by atoms with van der Waals surface area (Å²) < 4.78 is 0. The molecule has 0 atom stereocenters. The summed E-state index contributed by atoms with van der Waals surface area (Å²) in [6.45, 7) is 2.66. The summed E-state index contributed by atoms with van der Waals surface area (Å²) in [5.41, 5.74) is 5.80. The number of pyridine rings is 1. The average molecular weight is 179 g/mol. The largest absolute Gasteiger partial charge is 0.384 e. The summed E-state index contributed by atoms with van der Waals surface area (Å²) in [6, 6.07) is 5.00. The maximum absolute atomic E-state index is 11.3. The second-order valence-corrected chi connectivity index (χ2v) is 2.70. The molecule has 0 bridgehead atoms. The topological polar surface area (TPSA) is 68.0 Å². The third kappa shape index (κ3) is 2.74. The van der Waals surface area contributed by atoms with Crippen molar-refractivity contribution < 1.29 is 4.79 Å². The standard InChI is InChI=1S/C9H13N3O/c1-2-6-11-9(13)7-4-3-5-8(10)12-7/h3-5H,2,6H2,1H3,(H2,10,12)(H,11,13). The van der Waals surface area contributed by atoms with Crippen LogP contribution in [0.2, 0.25) is 0 Å². The van der Waals surface area contributed by atoms with E-state index in [9.17, 15) is 4.79 Å². The van der Waals surface area contributed by atoms with E-state index in [-0.39, 0.29) is 5.91 Å². The molecule has 0 radical (unpaired) electrons. The summed E-state index contributed by atoms with van der Waals surface area (Å²) >= 11 is 0. The molecule has 0 aliphatic carbocycles. The molecule has 0 saturated carbocycles. The molecule has 1 aromatic rings. The molecule has 0 aliphatic rings. The average Bonchev–Trinajstić information content (AvgIpc) is 2.14. The first-order valence-corrected chi connectivity index (χ1v) is 4.24. The first-order chi connectivity index (χ1) is 6.24. The fourth-order valence-corrected chi connectivity index (χ4v) is 0.907. The van der Waals surface area contributed by atoms with Gasteiger partial charge in [-0.05, 0) is 18.6 Å². The third-order valence-electron chi connectivity index (χ3n) is 1.54. The summed E-state index contributed by atoms with van der Waals surface area (Å²) in [7, 11) is 0. The summed E-state index contributed by atoms with van der Waals surface area (Å²) in [5.74, 6) is 0.193. The Bertz CT molecular complexity index is 299. The van der Waals surface area contributed by atoms with Crippen molar-refractivity contribution in [2.45, 2.75) is 13.3 Å². The Morgan fingerprint density at radius 2 is 2.38 bits per heavy atom. The monoisotopic (exact) mass is 179 g/mol. The van der Waals surface area contributed by atoms with E-state index in [0.717, 1.165) is 6.42 Å². The van der Waals surface area contributed by atoms with Crippen LogP contribution in [-0.2, 0) is 0 Å². The predicted molar refractivity (Wildman–Crippen MR) is 51.3 cm³/mol. The van der Waals surface area contributed by atoms with Crippen LogP contribution in [0.15, 0.2) is 18.2 Å². The van der Waals surface area contributed by atoms with Crippen molar-refractivity contribution in [1.82, 2.24) is 10.3 Å². The number of carbonyl (C=O) groups excluding carboxylic acids is 1. The van der Waals surface area contributed by atoms with Crippen LogP contribution < -0.4 is 11.1 Å². The van der Waals surface area contributed by atoms with Gasteiger partial charge in [0.1, 0.15) is 11.5 Å². The zero-order chi connectivity index (χ0) is 9.68. The fraction of sp³-hybridized carbons (Fsp3) is 0.333. The molecule has 1 amide bonds. The number of nitrogens with two attached hydrogens (primary N) is 1. The highest BCUT2D eigenvalue weighted by molar-refractivity contribution is 5.92. The van der Waals surface area contributed by atoms with Crippen molar-refractivity contribution in [3.05, 3.63) is 23.9 Å². The fourth-order valence-electron chi connectivity index (χ4n) is 0.907. The normalized spacial score (nSPS) is 9.62. The van der Waals surface area contributed by atoms with Gasteiger partial charge in [0.15, 0.2) is 0 Å². The first kappa shape index (κ1) is 9.51. The van der Waals surface area contributed by atoms with Crippen molar-refractivity contribution in [2.24, 2.45) is 0 Å². The second kappa shape index (κ2) is 4.45. The highest BCUT2D eigenvalue weighted by Crippen LogP contribution is 1.99. The minimum absolute atomic E-state index is 0.172. The first-order valence-electron chi connectivity index (χ1n) is 4.24. The van der Waals surface area contributed by atoms with Crippen molar-refractivity contribution in [3.8, 4) is 0 Å². The third-order valence-corrected chi connectivity index (χ3v) is 1.54. The molecule has 1 aromatic heterocycles. The molecule has 0 unspecified atom stereocenters. The number of aromatic nitrogens is 1. The molecule has 0 spiro atoms. The van der Waals surface area contributed by atoms with E-state index in [1.165, 1.54) is 0 Å². The molecule has 4 nitrogen and oxygen atoms in total. The summed E-state index contributed by atoms with van der Waals surface area (Å²) in [5, 5.41) is 2.72. The van der Waals surface area contributed by atoms with Gasteiger partial charge in [-0.15, -0.1) is 0 Å². The molecule has 13 heavy (non-hydrogen) atoms. The zero-order valence-corrected chi connectivity index (χ0v) is 7.58. The quantitative estimate of drug-likeness (QED) is 0.721. The number of nitrogens with zero attached hydrogens (tertiary/aromatic N) is 1. The van der Waals surface area contributed by atoms with E-state index in [0.29, 0.717) is 18.1 Å². The van der Waals surface area contributed by atoms with Gasteiger partial charge in [0, 0.05) is 6.54 Å². The highest BCUT2D eigenvalue weighted by Gasteiger charge is 2.04. The van der Waals surface area contributed by atoms with Gasteiger partial charge >= 0.3 is 0 Å². The van der Waals surface area contributed by atoms with Crippen LogP contribution in [-0.4, -0.2) is 17.4 Å². The molecule has 4 heteroatoms. The number of nitrogens with one attached hydrogen (secondary N) is 1. The molecule has 3 N–H and O–H groups in total. The SMILES string of the molecule is CCCNC(=O)c1cccc(N)n1. The molecule has 0 saturated heterocycles. The van der Waals surface area contributed by atoms with E-state index >= 15 is 0 Å². The van der Waals surface area contributed by atoms with Crippen LogP contribution in [0, 0.1) is 0 Å². The van der Waals surface area contributed by atoms with E-state index in [1.54, 1.807) is 18.2 Å². The number of nitrogen functional groups attached to an aromatic ring is 1. The molecule has 0 aliphatic heterocycles. The lowest BCUT2D eigenvalue weighted by Gasteiger charge is -2.02. The zero-order valence-electron chi connectivity index (χ0n) is 7.58. The van der Waals surface area contributed by atoms with Gasteiger partial charge < -0.3 is 11.1 Å². The molecular weight excluding hydrogens is 166 g/mol. The lowest BCUT2D eigenvalue weighted by atomic mass is 10.3. The van der Waals surface area contributed by atoms with Gasteiger partial charge in [-0.25, -0.2) is 4.98 Å².